The number of carbonyl (C=O) groups is 1. The second kappa shape index (κ2) is 11.4. The summed E-state index contributed by atoms with van der Waals surface area (Å²) in [5.41, 5.74) is 0. The minimum Gasteiger partial charge on any atom is -0.456 e. The topological polar surface area (TPSA) is 105 Å². The molecule has 3 N–H and O–H groups in total. The van der Waals surface area contributed by atoms with Crippen molar-refractivity contribution < 1.29 is 34.0 Å². The van der Waals surface area contributed by atoms with E-state index in [4.69, 9.17) is 13.9 Å². The fraction of sp³-hybridized carbons (Fsp3) is 0.950. The van der Waals surface area contributed by atoms with E-state index in [0.29, 0.717) is 11.7 Å². The molecule has 2 fully saturated rings. The number of ether oxygens (including phenoxy) is 2. The van der Waals surface area contributed by atoms with Gasteiger partial charge in [-0.25, -0.2) is 0 Å². The number of carbonyl (C=O) groups excluding carboxylic acids is 1. The summed E-state index contributed by atoms with van der Waals surface area (Å²) < 4.78 is 16.8. The largest absolute Gasteiger partial charge is 0.456 e. The molecule has 2 rings (SSSR count). The molecular weight excluding hydrogens is 444 g/mol. The third-order valence-corrected chi connectivity index (χ3v) is 13.7. The SMILES string of the molecule is CC(C)(C)[Si](C)(C)OCC1O[C@@H](O)C(O)[C@@H](OC(=O)CCCCC2CCSS2)C1O. The van der Waals surface area contributed by atoms with Gasteiger partial charge in [0.1, 0.15) is 18.3 Å². The highest BCUT2D eigenvalue weighted by atomic mass is 33.1. The Hall–Kier alpha value is 0.187. The number of rotatable bonds is 9. The van der Waals surface area contributed by atoms with E-state index in [1.165, 1.54) is 12.2 Å². The van der Waals surface area contributed by atoms with Gasteiger partial charge in [0.25, 0.3) is 0 Å². The monoisotopic (exact) mass is 482 g/mol. The van der Waals surface area contributed by atoms with Gasteiger partial charge in [0.2, 0.25) is 0 Å². The summed E-state index contributed by atoms with van der Waals surface area (Å²) in [6, 6.07) is 0. The van der Waals surface area contributed by atoms with Crippen LogP contribution in [0.25, 0.3) is 0 Å². The summed E-state index contributed by atoms with van der Waals surface area (Å²) in [4.78, 5) is 12.3. The Bertz CT molecular complexity index is 552. The first-order valence-electron chi connectivity index (χ1n) is 10.7. The third kappa shape index (κ3) is 7.36. The van der Waals surface area contributed by atoms with Crippen molar-refractivity contribution in [1.29, 1.82) is 0 Å². The van der Waals surface area contributed by atoms with Gasteiger partial charge in [0.05, 0.1) is 6.61 Å². The van der Waals surface area contributed by atoms with E-state index in [-0.39, 0.29) is 18.1 Å². The zero-order valence-electron chi connectivity index (χ0n) is 18.7. The zero-order chi connectivity index (χ0) is 22.5. The Labute approximate surface area is 189 Å². The van der Waals surface area contributed by atoms with Crippen LogP contribution in [-0.2, 0) is 18.7 Å². The van der Waals surface area contributed by atoms with Gasteiger partial charge in [-0.1, -0.05) is 48.8 Å². The fourth-order valence-corrected chi connectivity index (χ4v) is 7.16. The summed E-state index contributed by atoms with van der Waals surface area (Å²) in [5, 5.41) is 31.5. The van der Waals surface area contributed by atoms with Crippen molar-refractivity contribution in [2.45, 2.75) is 107 Å². The molecule has 0 aromatic carbocycles. The predicted molar refractivity (Wildman–Crippen MR) is 123 cm³/mol. The average molecular weight is 483 g/mol. The molecule has 7 nitrogen and oxygen atoms in total. The third-order valence-electron chi connectivity index (χ3n) is 6.23. The maximum absolute atomic E-state index is 12.3. The van der Waals surface area contributed by atoms with E-state index in [2.05, 4.69) is 33.9 Å². The number of aliphatic hydroxyl groups is 3. The molecule has 176 valence electrons. The predicted octanol–water partition coefficient (Wildman–Crippen LogP) is 3.07. The minimum absolute atomic E-state index is 0.0215. The Morgan fingerprint density at radius 2 is 1.87 bits per heavy atom. The van der Waals surface area contributed by atoms with Crippen molar-refractivity contribution >= 4 is 35.9 Å². The lowest BCUT2D eigenvalue weighted by Gasteiger charge is -2.42. The summed E-state index contributed by atoms with van der Waals surface area (Å²) in [6.45, 7) is 10.5. The lowest BCUT2D eigenvalue weighted by molar-refractivity contribution is -0.289. The normalized spacial score (nSPS) is 32.9. The standard InChI is InChI=1S/C20H38O7S2Si/c1-20(2,3)30(4,5)25-12-14-16(22)18(17(23)19(24)26-14)27-15(21)9-7-6-8-13-10-11-28-29-13/h13-14,16-19,22-24H,6-12H2,1-5H3/t13?,14?,16?,17?,18-,19+/m0/s1. The molecule has 6 atom stereocenters. The van der Waals surface area contributed by atoms with Crippen LogP contribution in [0.5, 0.6) is 0 Å². The van der Waals surface area contributed by atoms with Gasteiger partial charge < -0.3 is 29.2 Å². The van der Waals surface area contributed by atoms with Crippen LogP contribution < -0.4 is 0 Å². The summed E-state index contributed by atoms with van der Waals surface area (Å²) in [7, 11) is 1.73. The van der Waals surface area contributed by atoms with Crippen molar-refractivity contribution in [2.75, 3.05) is 12.4 Å². The molecule has 0 aromatic heterocycles. The van der Waals surface area contributed by atoms with Crippen LogP contribution >= 0.6 is 21.6 Å². The molecule has 0 aliphatic carbocycles. The second-order valence-corrected chi connectivity index (χ2v) is 17.2. The molecule has 2 aliphatic heterocycles. The maximum Gasteiger partial charge on any atom is 0.306 e. The molecule has 4 unspecified atom stereocenters. The van der Waals surface area contributed by atoms with Gasteiger partial charge in [-0.15, -0.1) is 0 Å². The minimum atomic E-state index is -2.09. The number of unbranched alkanes of at least 4 members (excludes halogenated alkanes) is 1. The molecule has 0 aromatic rings. The maximum atomic E-state index is 12.3. The van der Waals surface area contributed by atoms with Gasteiger partial charge in [0.15, 0.2) is 20.7 Å². The van der Waals surface area contributed by atoms with Crippen molar-refractivity contribution in [2.24, 2.45) is 0 Å². The molecule has 0 spiro atoms. The molecule has 2 aliphatic rings. The van der Waals surface area contributed by atoms with Gasteiger partial charge in [-0.3, -0.25) is 4.79 Å². The molecule has 2 heterocycles. The molecule has 2 saturated heterocycles. The molecule has 0 amide bonds. The molecule has 0 radical (unpaired) electrons. The Kier molecular flexibility index (Phi) is 10.0. The van der Waals surface area contributed by atoms with Crippen LogP contribution in [0.1, 0.15) is 52.9 Å². The van der Waals surface area contributed by atoms with Crippen LogP contribution in [0.3, 0.4) is 0 Å². The Morgan fingerprint density at radius 1 is 1.17 bits per heavy atom. The van der Waals surface area contributed by atoms with Crippen molar-refractivity contribution in [1.82, 2.24) is 0 Å². The van der Waals surface area contributed by atoms with Crippen LogP contribution in [0, 0.1) is 0 Å². The van der Waals surface area contributed by atoms with E-state index >= 15 is 0 Å². The van der Waals surface area contributed by atoms with Gasteiger partial charge in [-0.05, 0) is 37.4 Å². The molecule has 0 bridgehead atoms. The molecule has 10 heteroatoms. The van der Waals surface area contributed by atoms with E-state index in [9.17, 15) is 20.1 Å². The van der Waals surface area contributed by atoms with Crippen LogP contribution in [0.15, 0.2) is 0 Å². The van der Waals surface area contributed by atoms with Crippen LogP contribution in [-0.4, -0.2) is 77.9 Å². The van der Waals surface area contributed by atoms with Gasteiger partial charge in [0, 0.05) is 17.4 Å². The van der Waals surface area contributed by atoms with Crippen LogP contribution in [0.4, 0.5) is 0 Å². The molecule has 30 heavy (non-hydrogen) atoms. The first-order valence-corrected chi connectivity index (χ1v) is 16.0. The lowest BCUT2D eigenvalue weighted by Crippen LogP contribution is -2.60. The highest BCUT2D eigenvalue weighted by molar-refractivity contribution is 8.77. The van der Waals surface area contributed by atoms with E-state index < -0.39 is 45.0 Å². The smallest absolute Gasteiger partial charge is 0.306 e. The number of aliphatic hydroxyl groups excluding tert-OH is 3. The van der Waals surface area contributed by atoms with E-state index in [1.807, 2.05) is 21.6 Å². The van der Waals surface area contributed by atoms with Gasteiger partial charge in [-0.2, -0.15) is 0 Å². The van der Waals surface area contributed by atoms with Crippen molar-refractivity contribution in [3.05, 3.63) is 0 Å². The lowest BCUT2D eigenvalue weighted by atomic mass is 9.99. The van der Waals surface area contributed by atoms with Crippen molar-refractivity contribution in [3.63, 3.8) is 0 Å². The summed E-state index contributed by atoms with van der Waals surface area (Å²) >= 11 is 0. The average Bonchev–Trinajstić information content (AvgIpc) is 3.17. The Balaban J connectivity index is 1.83. The fourth-order valence-electron chi connectivity index (χ4n) is 3.12. The highest BCUT2D eigenvalue weighted by Gasteiger charge is 2.47. The van der Waals surface area contributed by atoms with E-state index in [1.54, 1.807) is 0 Å². The Morgan fingerprint density at radius 3 is 2.47 bits per heavy atom. The first-order chi connectivity index (χ1) is 13.9. The summed E-state index contributed by atoms with van der Waals surface area (Å²) in [5.74, 6) is 0.712. The van der Waals surface area contributed by atoms with E-state index in [0.717, 1.165) is 12.8 Å². The number of hydrogen-bond acceptors (Lipinski definition) is 9. The number of hydrogen-bond donors (Lipinski definition) is 3. The molecule has 0 saturated carbocycles. The molecular formula is C20H38O7S2Si. The van der Waals surface area contributed by atoms with Gasteiger partial charge >= 0.3 is 5.97 Å². The van der Waals surface area contributed by atoms with Crippen LogP contribution in [0.2, 0.25) is 18.1 Å². The zero-order valence-corrected chi connectivity index (χ0v) is 21.3. The highest BCUT2D eigenvalue weighted by Crippen LogP contribution is 2.40. The summed E-state index contributed by atoms with van der Waals surface area (Å²) in [6.07, 6.45) is -2.27. The first kappa shape index (κ1) is 26.4. The van der Waals surface area contributed by atoms with Crippen molar-refractivity contribution in [3.8, 4) is 0 Å². The second-order valence-electron chi connectivity index (χ2n) is 9.65. The number of esters is 1. The quantitative estimate of drug-likeness (QED) is 0.198.